The maximum absolute atomic E-state index is 12.6. The van der Waals surface area contributed by atoms with Gasteiger partial charge < -0.3 is 15.5 Å². The molecule has 1 aromatic carbocycles. The number of aromatic nitrogens is 1. The smallest absolute Gasteiger partial charge is 0.307 e. The summed E-state index contributed by atoms with van der Waals surface area (Å²) in [5.74, 6) is -1.83. The largest absolute Gasteiger partial charge is 0.508 e. The summed E-state index contributed by atoms with van der Waals surface area (Å²) in [5, 5.41) is 22.0. The van der Waals surface area contributed by atoms with Crippen molar-refractivity contribution in [2.24, 2.45) is 11.8 Å². The monoisotopic (exact) mass is 369 g/mol. The predicted octanol–water partition coefficient (Wildman–Crippen LogP) is 1.63. The van der Waals surface area contributed by atoms with Gasteiger partial charge in [0, 0.05) is 38.6 Å². The van der Waals surface area contributed by atoms with Crippen LogP contribution in [-0.2, 0) is 22.7 Å². The number of phenols is 1. The highest BCUT2D eigenvalue weighted by atomic mass is 16.4. The van der Waals surface area contributed by atoms with Crippen molar-refractivity contribution in [2.45, 2.75) is 19.5 Å². The molecule has 3 N–H and O–H groups in total. The van der Waals surface area contributed by atoms with Crippen molar-refractivity contribution in [1.82, 2.24) is 15.2 Å². The van der Waals surface area contributed by atoms with E-state index in [0.29, 0.717) is 32.6 Å². The van der Waals surface area contributed by atoms with Crippen LogP contribution in [0, 0.1) is 11.8 Å². The Hall–Kier alpha value is -2.93. The minimum absolute atomic E-state index is 0.140. The van der Waals surface area contributed by atoms with Crippen molar-refractivity contribution in [2.75, 3.05) is 13.1 Å². The molecule has 0 unspecified atom stereocenters. The van der Waals surface area contributed by atoms with E-state index in [1.54, 1.807) is 30.6 Å². The van der Waals surface area contributed by atoms with E-state index < -0.39 is 11.9 Å². The van der Waals surface area contributed by atoms with E-state index >= 15 is 0 Å². The average Bonchev–Trinajstić information content (AvgIpc) is 2.66. The molecule has 142 valence electrons. The number of rotatable bonds is 6. The number of carbonyl (C=O) groups excluding carboxylic acids is 1. The Labute approximate surface area is 157 Å². The normalized spacial score (nSPS) is 20.1. The number of carbonyl (C=O) groups is 2. The van der Waals surface area contributed by atoms with E-state index in [4.69, 9.17) is 0 Å². The number of benzene rings is 1. The van der Waals surface area contributed by atoms with Gasteiger partial charge in [-0.15, -0.1) is 0 Å². The Morgan fingerprint density at radius 1 is 1.11 bits per heavy atom. The number of hydrogen-bond donors (Lipinski definition) is 3. The van der Waals surface area contributed by atoms with Gasteiger partial charge >= 0.3 is 5.97 Å². The number of likely N-dealkylation sites (tertiary alicyclic amines) is 1. The predicted molar refractivity (Wildman–Crippen MR) is 98.7 cm³/mol. The van der Waals surface area contributed by atoms with E-state index in [1.807, 2.05) is 23.1 Å². The first-order chi connectivity index (χ1) is 13.0. The zero-order valence-corrected chi connectivity index (χ0v) is 14.9. The maximum atomic E-state index is 12.6. The number of nitrogens with zero attached hydrogens (tertiary/aromatic N) is 2. The Kier molecular flexibility index (Phi) is 6.03. The number of nitrogens with one attached hydrogen (secondary N) is 1. The lowest BCUT2D eigenvalue weighted by Gasteiger charge is -2.35. The van der Waals surface area contributed by atoms with Gasteiger partial charge in [0.2, 0.25) is 5.91 Å². The van der Waals surface area contributed by atoms with Gasteiger partial charge in [0.15, 0.2) is 0 Å². The fourth-order valence-electron chi connectivity index (χ4n) is 3.44. The number of phenolic OH excluding ortho intramolecular Hbond substituents is 1. The molecule has 2 aromatic rings. The molecule has 2 atom stereocenters. The molecule has 0 aliphatic carbocycles. The molecule has 27 heavy (non-hydrogen) atoms. The van der Waals surface area contributed by atoms with Crippen molar-refractivity contribution >= 4 is 11.9 Å². The van der Waals surface area contributed by atoms with Crippen molar-refractivity contribution in [3.05, 3.63) is 59.9 Å². The van der Waals surface area contributed by atoms with Crippen LogP contribution in [0.4, 0.5) is 0 Å². The minimum Gasteiger partial charge on any atom is -0.508 e. The summed E-state index contributed by atoms with van der Waals surface area (Å²) in [7, 11) is 0. The first kappa shape index (κ1) is 18.8. The van der Waals surface area contributed by atoms with Crippen LogP contribution < -0.4 is 5.32 Å². The Morgan fingerprint density at radius 2 is 1.85 bits per heavy atom. The molecule has 7 nitrogen and oxygen atoms in total. The lowest BCUT2D eigenvalue weighted by molar-refractivity contribution is -0.145. The molecular formula is C20H23N3O4. The van der Waals surface area contributed by atoms with Crippen molar-refractivity contribution < 1.29 is 19.8 Å². The number of hydrogen-bond acceptors (Lipinski definition) is 5. The highest BCUT2D eigenvalue weighted by molar-refractivity contribution is 5.80. The molecule has 1 aliphatic heterocycles. The fraction of sp³-hybridized carbons (Fsp3) is 0.350. The average molecular weight is 369 g/mol. The van der Waals surface area contributed by atoms with Gasteiger partial charge in [0.05, 0.1) is 11.8 Å². The van der Waals surface area contributed by atoms with Crippen molar-refractivity contribution in [3.63, 3.8) is 0 Å². The molecular weight excluding hydrogens is 346 g/mol. The minimum atomic E-state index is -0.887. The van der Waals surface area contributed by atoms with Gasteiger partial charge in [-0.3, -0.25) is 19.5 Å². The van der Waals surface area contributed by atoms with Crippen LogP contribution in [0.1, 0.15) is 17.5 Å². The van der Waals surface area contributed by atoms with Gasteiger partial charge in [-0.1, -0.05) is 12.1 Å². The molecule has 3 rings (SSSR count). The first-order valence-electron chi connectivity index (χ1n) is 8.91. The van der Waals surface area contributed by atoms with E-state index in [-0.39, 0.29) is 17.6 Å². The molecule has 0 radical (unpaired) electrons. The van der Waals surface area contributed by atoms with Gasteiger partial charge in [-0.05, 0) is 41.8 Å². The van der Waals surface area contributed by atoms with Crippen LogP contribution >= 0.6 is 0 Å². The van der Waals surface area contributed by atoms with E-state index in [2.05, 4.69) is 10.3 Å². The molecule has 2 heterocycles. The standard InChI is InChI=1S/C20H23N3O4/c24-18-3-1-2-15(8-18)11-23-12-16(9-17(13-23)20(26)27)19(25)22-10-14-4-6-21-7-5-14/h1-8,16-17,24H,9-13H2,(H,22,25)(H,26,27)/t16-,17+/m0/s1. The van der Waals surface area contributed by atoms with Crippen LogP contribution in [0.15, 0.2) is 48.8 Å². The van der Waals surface area contributed by atoms with Gasteiger partial charge in [0.1, 0.15) is 5.75 Å². The molecule has 0 bridgehead atoms. The molecule has 1 aromatic heterocycles. The lowest BCUT2D eigenvalue weighted by Crippen LogP contribution is -2.47. The van der Waals surface area contributed by atoms with Crippen molar-refractivity contribution in [3.8, 4) is 5.75 Å². The molecule has 1 aliphatic rings. The molecule has 1 saturated heterocycles. The SMILES string of the molecule is O=C(O)[C@@H]1C[C@H](C(=O)NCc2ccncc2)CN(Cc2cccc(O)c2)C1. The Balaban J connectivity index is 1.64. The molecule has 0 saturated carbocycles. The summed E-state index contributed by atoms with van der Waals surface area (Å²) in [6, 6.07) is 10.5. The van der Waals surface area contributed by atoms with Gasteiger partial charge in [0.25, 0.3) is 0 Å². The highest BCUT2D eigenvalue weighted by Crippen LogP contribution is 2.25. The molecule has 0 spiro atoms. The third-order valence-corrected chi connectivity index (χ3v) is 4.78. The van der Waals surface area contributed by atoms with E-state index in [1.165, 1.54) is 0 Å². The summed E-state index contributed by atoms with van der Waals surface area (Å²) in [4.78, 5) is 30.1. The van der Waals surface area contributed by atoms with E-state index in [0.717, 1.165) is 11.1 Å². The lowest BCUT2D eigenvalue weighted by atomic mass is 9.88. The van der Waals surface area contributed by atoms with E-state index in [9.17, 15) is 19.8 Å². The number of amides is 1. The summed E-state index contributed by atoms with van der Waals surface area (Å²) in [6.07, 6.45) is 3.66. The number of aromatic hydroxyl groups is 1. The number of piperidine rings is 1. The van der Waals surface area contributed by atoms with Crippen LogP contribution in [-0.4, -0.2) is 45.1 Å². The fourth-order valence-corrected chi connectivity index (χ4v) is 3.44. The summed E-state index contributed by atoms with van der Waals surface area (Å²) < 4.78 is 0. The molecule has 7 heteroatoms. The molecule has 1 fully saturated rings. The summed E-state index contributed by atoms with van der Waals surface area (Å²) in [6.45, 7) is 1.76. The number of carboxylic acids is 1. The van der Waals surface area contributed by atoms with Crippen LogP contribution in [0.3, 0.4) is 0 Å². The highest BCUT2D eigenvalue weighted by Gasteiger charge is 2.35. The van der Waals surface area contributed by atoms with Crippen LogP contribution in [0.2, 0.25) is 0 Å². The number of pyridine rings is 1. The zero-order chi connectivity index (χ0) is 19.2. The zero-order valence-electron chi connectivity index (χ0n) is 14.9. The van der Waals surface area contributed by atoms with Crippen molar-refractivity contribution in [1.29, 1.82) is 0 Å². The second kappa shape index (κ2) is 8.64. The second-order valence-corrected chi connectivity index (χ2v) is 6.91. The number of carboxylic acid groups (broad SMARTS) is 1. The van der Waals surface area contributed by atoms with Crippen LogP contribution in [0.5, 0.6) is 5.75 Å². The Morgan fingerprint density at radius 3 is 2.56 bits per heavy atom. The van der Waals surface area contributed by atoms with Gasteiger partial charge in [-0.25, -0.2) is 0 Å². The first-order valence-corrected chi connectivity index (χ1v) is 8.91. The summed E-state index contributed by atoms with van der Waals surface area (Å²) in [5.41, 5.74) is 1.83. The maximum Gasteiger partial charge on any atom is 0.307 e. The van der Waals surface area contributed by atoms with Crippen LogP contribution in [0.25, 0.3) is 0 Å². The van der Waals surface area contributed by atoms with Gasteiger partial charge in [-0.2, -0.15) is 0 Å². The summed E-state index contributed by atoms with van der Waals surface area (Å²) >= 11 is 0. The topological polar surface area (TPSA) is 103 Å². The second-order valence-electron chi connectivity index (χ2n) is 6.91. The third-order valence-electron chi connectivity index (χ3n) is 4.78. The molecule has 1 amide bonds. The number of aliphatic carboxylic acids is 1. The third kappa shape index (κ3) is 5.27. The Bertz CT molecular complexity index is 797. The quantitative estimate of drug-likeness (QED) is 0.715.